The quantitative estimate of drug-likeness (QED) is 0.688. The van der Waals surface area contributed by atoms with Gasteiger partial charge < -0.3 is 15.1 Å². The number of aromatic nitrogens is 2. The van der Waals surface area contributed by atoms with Gasteiger partial charge in [0.15, 0.2) is 0 Å². The first-order valence-corrected chi connectivity index (χ1v) is 10.1. The van der Waals surface area contributed by atoms with Gasteiger partial charge in [0.2, 0.25) is 0 Å². The number of urea groups is 1. The highest BCUT2D eigenvalue weighted by Gasteiger charge is 2.19. The number of piperazine rings is 1. The maximum Gasteiger partial charge on any atom is 0.324 e. The summed E-state index contributed by atoms with van der Waals surface area (Å²) in [5, 5.41) is 5.69. The Morgan fingerprint density at radius 2 is 1.60 bits per heavy atom. The van der Waals surface area contributed by atoms with Crippen molar-refractivity contribution in [3.8, 4) is 0 Å². The van der Waals surface area contributed by atoms with Gasteiger partial charge in [0, 0.05) is 43.6 Å². The number of benzene rings is 2. The average Bonchev–Trinajstić information content (AvgIpc) is 2.77. The molecule has 1 fully saturated rings. The molecule has 0 radical (unpaired) electrons. The van der Waals surface area contributed by atoms with Gasteiger partial charge in [0.25, 0.3) is 0 Å². The number of hydrogen-bond donors (Lipinski definition) is 2. The largest absolute Gasteiger partial charge is 0.368 e. The van der Waals surface area contributed by atoms with Crippen LogP contribution in [0.5, 0.6) is 0 Å². The second-order valence-electron chi connectivity index (χ2n) is 7.47. The molecule has 7 nitrogen and oxygen atoms in total. The number of carbonyl (C=O) groups is 1. The van der Waals surface area contributed by atoms with E-state index < -0.39 is 0 Å². The number of anilines is 4. The van der Waals surface area contributed by atoms with Crippen LogP contribution in [0.4, 0.5) is 27.8 Å². The van der Waals surface area contributed by atoms with Gasteiger partial charge in [-0.2, -0.15) is 0 Å². The van der Waals surface area contributed by atoms with Gasteiger partial charge in [-0.05, 0) is 37.6 Å². The van der Waals surface area contributed by atoms with Crippen molar-refractivity contribution in [1.82, 2.24) is 9.97 Å². The fourth-order valence-electron chi connectivity index (χ4n) is 3.64. The minimum absolute atomic E-state index is 0.319. The van der Waals surface area contributed by atoms with Crippen LogP contribution >= 0.6 is 0 Å². The van der Waals surface area contributed by atoms with E-state index in [1.807, 2.05) is 44.2 Å². The van der Waals surface area contributed by atoms with Crippen LogP contribution < -0.4 is 20.4 Å². The molecule has 2 amide bonds. The molecule has 1 saturated heterocycles. The highest BCUT2D eigenvalue weighted by molar-refractivity contribution is 5.99. The molecule has 2 N–H and O–H groups in total. The Hall–Kier alpha value is -3.61. The molecule has 2 aromatic carbocycles. The molecule has 0 atom stereocenters. The maximum atomic E-state index is 12.4. The van der Waals surface area contributed by atoms with Crippen LogP contribution in [0, 0.1) is 13.8 Å². The van der Waals surface area contributed by atoms with Gasteiger partial charge in [-0.25, -0.2) is 14.8 Å². The van der Waals surface area contributed by atoms with Crippen molar-refractivity contribution in [3.63, 3.8) is 0 Å². The van der Waals surface area contributed by atoms with E-state index in [1.54, 1.807) is 0 Å². The number of amides is 2. The lowest BCUT2D eigenvalue weighted by atomic mass is 10.1. The molecule has 0 spiro atoms. The van der Waals surface area contributed by atoms with Gasteiger partial charge in [-0.1, -0.05) is 35.9 Å². The maximum absolute atomic E-state index is 12.4. The number of nitrogens with one attached hydrogen (secondary N) is 2. The lowest BCUT2D eigenvalue weighted by Gasteiger charge is -2.36. The Kier molecular flexibility index (Phi) is 5.79. The predicted molar refractivity (Wildman–Crippen MR) is 121 cm³/mol. The van der Waals surface area contributed by atoms with Crippen molar-refractivity contribution in [3.05, 3.63) is 72.1 Å². The Morgan fingerprint density at radius 1 is 0.867 bits per heavy atom. The van der Waals surface area contributed by atoms with Crippen LogP contribution in [-0.4, -0.2) is 42.2 Å². The molecule has 3 aromatic rings. The van der Waals surface area contributed by atoms with Crippen LogP contribution in [0.25, 0.3) is 0 Å². The summed E-state index contributed by atoms with van der Waals surface area (Å²) in [6, 6.07) is 17.8. The Labute approximate surface area is 176 Å². The molecule has 2 heterocycles. The third-order valence-electron chi connectivity index (χ3n) is 5.25. The van der Waals surface area contributed by atoms with Gasteiger partial charge in [0.1, 0.15) is 18.0 Å². The third-order valence-corrected chi connectivity index (χ3v) is 5.25. The molecular weight excluding hydrogens is 376 g/mol. The first-order chi connectivity index (χ1) is 14.6. The van der Waals surface area contributed by atoms with E-state index in [9.17, 15) is 4.79 Å². The molecule has 0 unspecified atom stereocenters. The van der Waals surface area contributed by atoms with Crippen molar-refractivity contribution >= 4 is 29.0 Å². The summed E-state index contributed by atoms with van der Waals surface area (Å²) >= 11 is 0. The number of carbonyl (C=O) groups excluding carboxylic acids is 1. The smallest absolute Gasteiger partial charge is 0.324 e. The highest BCUT2D eigenvalue weighted by atomic mass is 16.2. The number of aryl methyl sites for hydroxylation is 2. The zero-order valence-corrected chi connectivity index (χ0v) is 17.3. The van der Waals surface area contributed by atoms with Gasteiger partial charge in [-0.3, -0.25) is 5.32 Å². The number of rotatable bonds is 4. The number of para-hydroxylation sites is 1. The minimum Gasteiger partial charge on any atom is -0.368 e. The van der Waals surface area contributed by atoms with Crippen molar-refractivity contribution in [1.29, 1.82) is 0 Å². The van der Waals surface area contributed by atoms with E-state index >= 15 is 0 Å². The average molecular weight is 403 g/mol. The number of nitrogens with zero attached hydrogens (tertiary/aromatic N) is 4. The molecule has 0 bridgehead atoms. The fourth-order valence-corrected chi connectivity index (χ4v) is 3.64. The lowest BCUT2D eigenvalue weighted by Crippen LogP contribution is -2.46. The van der Waals surface area contributed by atoms with E-state index in [0.29, 0.717) is 5.82 Å². The summed E-state index contributed by atoms with van der Waals surface area (Å²) in [5.41, 5.74) is 4.20. The van der Waals surface area contributed by atoms with Gasteiger partial charge in [0.05, 0.1) is 0 Å². The monoisotopic (exact) mass is 402 g/mol. The van der Waals surface area contributed by atoms with E-state index in [4.69, 9.17) is 0 Å². The third kappa shape index (κ3) is 4.68. The summed E-state index contributed by atoms with van der Waals surface area (Å²) in [6.45, 7) is 7.56. The summed E-state index contributed by atoms with van der Waals surface area (Å²) < 4.78 is 0. The van der Waals surface area contributed by atoms with Crippen LogP contribution in [0.3, 0.4) is 0 Å². The van der Waals surface area contributed by atoms with Crippen LogP contribution in [0.15, 0.2) is 60.9 Å². The second kappa shape index (κ2) is 8.82. The van der Waals surface area contributed by atoms with Crippen molar-refractivity contribution in [2.75, 3.05) is 46.6 Å². The van der Waals surface area contributed by atoms with E-state index in [1.165, 1.54) is 12.0 Å². The Bertz CT molecular complexity index is 1020. The molecule has 4 rings (SSSR count). The molecule has 7 heteroatoms. The minimum atomic E-state index is -0.319. The van der Waals surface area contributed by atoms with Crippen molar-refractivity contribution in [2.24, 2.45) is 0 Å². The summed E-state index contributed by atoms with van der Waals surface area (Å²) in [6.07, 6.45) is 1.49. The Balaban J connectivity index is 1.36. The van der Waals surface area contributed by atoms with Crippen LogP contribution in [0.1, 0.15) is 11.1 Å². The van der Waals surface area contributed by atoms with Gasteiger partial charge in [-0.15, -0.1) is 0 Å². The van der Waals surface area contributed by atoms with E-state index in [-0.39, 0.29) is 6.03 Å². The highest BCUT2D eigenvalue weighted by Crippen LogP contribution is 2.21. The first-order valence-electron chi connectivity index (χ1n) is 10.1. The molecule has 0 aliphatic carbocycles. The summed E-state index contributed by atoms with van der Waals surface area (Å²) in [7, 11) is 0. The number of hydrogen-bond acceptors (Lipinski definition) is 5. The molecular formula is C23H26N6O. The summed E-state index contributed by atoms with van der Waals surface area (Å²) in [5.74, 6) is 1.30. The van der Waals surface area contributed by atoms with Crippen molar-refractivity contribution in [2.45, 2.75) is 13.8 Å². The van der Waals surface area contributed by atoms with E-state index in [2.05, 4.69) is 54.7 Å². The normalized spacial score (nSPS) is 13.8. The molecule has 0 saturated carbocycles. The van der Waals surface area contributed by atoms with Gasteiger partial charge >= 0.3 is 6.03 Å². The molecule has 1 aliphatic rings. The van der Waals surface area contributed by atoms with E-state index in [0.717, 1.165) is 48.8 Å². The Morgan fingerprint density at radius 3 is 2.33 bits per heavy atom. The fraction of sp³-hybridized carbons (Fsp3) is 0.261. The molecule has 154 valence electrons. The van der Waals surface area contributed by atoms with Crippen molar-refractivity contribution < 1.29 is 4.79 Å². The second-order valence-corrected chi connectivity index (χ2v) is 7.47. The van der Waals surface area contributed by atoms with Crippen LogP contribution in [-0.2, 0) is 0 Å². The summed E-state index contributed by atoms with van der Waals surface area (Å²) in [4.78, 5) is 25.6. The molecule has 30 heavy (non-hydrogen) atoms. The first kappa shape index (κ1) is 19.7. The molecule has 1 aliphatic heterocycles. The zero-order chi connectivity index (χ0) is 20.9. The molecule has 1 aromatic heterocycles. The topological polar surface area (TPSA) is 73.4 Å². The SMILES string of the molecule is Cc1ccc(NC(=O)Nc2cc(N3CCN(c4ccccc4)CC3)ncn2)c(C)c1. The lowest BCUT2D eigenvalue weighted by molar-refractivity contribution is 0.262. The zero-order valence-electron chi connectivity index (χ0n) is 17.3. The van der Waals surface area contributed by atoms with Crippen LogP contribution in [0.2, 0.25) is 0 Å². The standard InChI is InChI=1S/C23H26N6O/c1-17-8-9-20(18(2)14-17)26-23(30)27-21-15-22(25-16-24-21)29-12-10-28(11-13-29)19-6-4-3-5-7-19/h3-9,14-16H,10-13H2,1-2H3,(H2,24,25,26,27,30). The predicted octanol–water partition coefficient (Wildman–Crippen LogP) is 4.06.